The van der Waals surface area contributed by atoms with Crippen molar-refractivity contribution in [1.82, 2.24) is 5.32 Å². The van der Waals surface area contributed by atoms with E-state index in [0.717, 1.165) is 19.4 Å². The first-order valence-corrected chi connectivity index (χ1v) is 6.07. The lowest BCUT2D eigenvalue weighted by atomic mass is 9.98. The Balaban J connectivity index is 2.40. The summed E-state index contributed by atoms with van der Waals surface area (Å²) in [4.78, 5) is 11.1. The Hall–Kier alpha value is -0.650. The van der Waals surface area contributed by atoms with Crippen molar-refractivity contribution in [3.63, 3.8) is 0 Å². The van der Waals surface area contributed by atoms with E-state index in [9.17, 15) is 4.79 Å². The second-order valence-corrected chi connectivity index (χ2v) is 5.10. The maximum Gasteiger partial charge on any atom is 0.320 e. The average molecular weight is 245 g/mol. The molecular weight excluding hydrogens is 222 g/mol. The van der Waals surface area contributed by atoms with E-state index >= 15 is 0 Å². The molecule has 0 saturated carbocycles. The Bertz CT molecular complexity index is 249. The minimum Gasteiger partial charge on any atom is -0.480 e. The number of carbonyl (C=O) groups is 1. The van der Waals surface area contributed by atoms with Crippen LogP contribution in [0.4, 0.5) is 0 Å². The zero-order valence-corrected chi connectivity index (χ0v) is 10.9. The summed E-state index contributed by atoms with van der Waals surface area (Å²) in [5, 5.41) is 12.2. The molecule has 1 rings (SSSR count). The molecule has 0 amide bonds. The third-order valence-electron chi connectivity index (χ3n) is 3.16. The van der Waals surface area contributed by atoms with E-state index in [-0.39, 0.29) is 6.10 Å². The maximum absolute atomic E-state index is 11.1. The summed E-state index contributed by atoms with van der Waals surface area (Å²) in [7, 11) is 1.60. The molecule has 2 unspecified atom stereocenters. The molecule has 0 spiro atoms. The Morgan fingerprint density at radius 2 is 2.35 bits per heavy atom. The fourth-order valence-electron chi connectivity index (χ4n) is 1.90. The lowest BCUT2D eigenvalue weighted by Gasteiger charge is -2.27. The van der Waals surface area contributed by atoms with Gasteiger partial charge in [0, 0.05) is 26.7 Å². The highest BCUT2D eigenvalue weighted by atomic mass is 16.5. The molecule has 0 aromatic heterocycles. The molecule has 0 aliphatic carbocycles. The van der Waals surface area contributed by atoms with Gasteiger partial charge in [0.25, 0.3) is 0 Å². The molecule has 2 atom stereocenters. The highest BCUT2D eigenvalue weighted by molar-refractivity contribution is 5.73. The zero-order chi connectivity index (χ0) is 12.9. The van der Waals surface area contributed by atoms with Gasteiger partial charge in [0.15, 0.2) is 0 Å². The zero-order valence-electron chi connectivity index (χ0n) is 10.9. The van der Waals surface area contributed by atoms with Crippen LogP contribution in [-0.4, -0.2) is 49.1 Å². The predicted octanol–water partition coefficient (Wildman–Crippen LogP) is 1.02. The maximum atomic E-state index is 11.1. The number of carboxylic acids is 1. The summed E-state index contributed by atoms with van der Waals surface area (Å²) in [6, 6.07) is -0.589. The van der Waals surface area contributed by atoms with Crippen molar-refractivity contribution in [1.29, 1.82) is 0 Å². The summed E-state index contributed by atoms with van der Waals surface area (Å²) in [6.07, 6.45) is 2.66. The molecule has 1 heterocycles. The van der Waals surface area contributed by atoms with Gasteiger partial charge in [-0.3, -0.25) is 4.79 Å². The number of hydrogen-bond acceptors (Lipinski definition) is 4. The van der Waals surface area contributed by atoms with Crippen molar-refractivity contribution in [3.8, 4) is 0 Å². The lowest BCUT2D eigenvalue weighted by Crippen LogP contribution is -2.45. The molecule has 5 nitrogen and oxygen atoms in total. The molecule has 0 bridgehead atoms. The van der Waals surface area contributed by atoms with E-state index < -0.39 is 17.6 Å². The quantitative estimate of drug-likeness (QED) is 0.701. The Labute approximate surface area is 102 Å². The van der Waals surface area contributed by atoms with Gasteiger partial charge in [-0.2, -0.15) is 0 Å². The first kappa shape index (κ1) is 14.4. The van der Waals surface area contributed by atoms with Crippen molar-refractivity contribution in [3.05, 3.63) is 0 Å². The van der Waals surface area contributed by atoms with Gasteiger partial charge in [-0.1, -0.05) is 0 Å². The van der Waals surface area contributed by atoms with Crippen LogP contribution in [0.1, 0.15) is 33.1 Å². The summed E-state index contributed by atoms with van der Waals surface area (Å²) in [6.45, 7) is 5.15. The molecule has 0 aromatic rings. The van der Waals surface area contributed by atoms with Crippen LogP contribution < -0.4 is 5.32 Å². The van der Waals surface area contributed by atoms with Crippen molar-refractivity contribution in [2.45, 2.75) is 50.9 Å². The fraction of sp³-hybridized carbons (Fsp3) is 0.917. The lowest BCUT2D eigenvalue weighted by molar-refractivity contribution is -0.141. The Kier molecular flexibility index (Phi) is 5.36. The molecule has 5 heteroatoms. The summed E-state index contributed by atoms with van der Waals surface area (Å²) in [5.41, 5.74) is -0.438. The molecule has 17 heavy (non-hydrogen) atoms. The number of aliphatic carboxylic acids is 1. The monoisotopic (exact) mass is 245 g/mol. The minimum atomic E-state index is -0.840. The number of rotatable bonds is 7. The predicted molar refractivity (Wildman–Crippen MR) is 64.1 cm³/mol. The molecule has 1 fully saturated rings. The standard InChI is InChI=1S/C12H23NO4/c1-12(2,16-3)7-10(11(14)15)13-8-9-5-4-6-17-9/h9-10,13H,4-8H2,1-3H3,(H,14,15). The number of carboxylic acid groups (broad SMARTS) is 1. The van der Waals surface area contributed by atoms with Gasteiger partial charge in [-0.15, -0.1) is 0 Å². The van der Waals surface area contributed by atoms with Gasteiger partial charge in [-0.25, -0.2) is 0 Å². The van der Waals surface area contributed by atoms with Crippen LogP contribution in [0.15, 0.2) is 0 Å². The van der Waals surface area contributed by atoms with Gasteiger partial charge in [0.2, 0.25) is 0 Å². The van der Waals surface area contributed by atoms with E-state index in [0.29, 0.717) is 13.0 Å². The number of hydrogen-bond donors (Lipinski definition) is 2. The van der Waals surface area contributed by atoms with Crippen LogP contribution in [-0.2, 0) is 14.3 Å². The summed E-state index contributed by atoms with van der Waals surface area (Å²) >= 11 is 0. The normalized spacial score (nSPS) is 22.6. The topological polar surface area (TPSA) is 67.8 Å². The van der Waals surface area contributed by atoms with Crippen molar-refractivity contribution < 1.29 is 19.4 Å². The first-order valence-electron chi connectivity index (χ1n) is 6.07. The number of ether oxygens (including phenoxy) is 2. The number of methoxy groups -OCH3 is 1. The van der Waals surface area contributed by atoms with Crippen LogP contribution in [0.3, 0.4) is 0 Å². The molecule has 1 aliphatic rings. The van der Waals surface area contributed by atoms with Crippen molar-refractivity contribution >= 4 is 5.97 Å². The average Bonchev–Trinajstić information content (AvgIpc) is 2.76. The van der Waals surface area contributed by atoms with Crippen molar-refractivity contribution in [2.75, 3.05) is 20.3 Å². The van der Waals surface area contributed by atoms with E-state index in [1.807, 2.05) is 13.8 Å². The van der Waals surface area contributed by atoms with Gasteiger partial charge < -0.3 is 19.9 Å². The minimum absolute atomic E-state index is 0.155. The molecule has 1 saturated heterocycles. The van der Waals surface area contributed by atoms with Crippen LogP contribution in [0.25, 0.3) is 0 Å². The fourth-order valence-corrected chi connectivity index (χ4v) is 1.90. The second-order valence-electron chi connectivity index (χ2n) is 5.10. The molecule has 1 aliphatic heterocycles. The molecule has 2 N–H and O–H groups in total. The molecular formula is C12H23NO4. The third kappa shape index (κ3) is 5.02. The molecule has 100 valence electrons. The Morgan fingerprint density at radius 3 is 2.82 bits per heavy atom. The Morgan fingerprint density at radius 1 is 1.65 bits per heavy atom. The SMILES string of the molecule is COC(C)(C)CC(NCC1CCCO1)C(=O)O. The summed E-state index contributed by atoms with van der Waals surface area (Å²) < 4.78 is 10.7. The van der Waals surface area contributed by atoms with Gasteiger partial charge in [0.05, 0.1) is 11.7 Å². The van der Waals surface area contributed by atoms with E-state index in [1.54, 1.807) is 7.11 Å². The highest BCUT2D eigenvalue weighted by Gasteiger charge is 2.28. The van der Waals surface area contributed by atoms with E-state index in [1.165, 1.54) is 0 Å². The summed E-state index contributed by atoms with van der Waals surface area (Å²) in [5.74, 6) is -0.840. The van der Waals surface area contributed by atoms with Gasteiger partial charge in [-0.05, 0) is 26.7 Å². The molecule has 0 radical (unpaired) electrons. The third-order valence-corrected chi connectivity index (χ3v) is 3.16. The van der Waals surface area contributed by atoms with Crippen LogP contribution in [0.5, 0.6) is 0 Å². The number of nitrogens with one attached hydrogen (secondary N) is 1. The van der Waals surface area contributed by atoms with Gasteiger partial charge in [0.1, 0.15) is 6.04 Å². The molecule has 0 aromatic carbocycles. The second kappa shape index (κ2) is 6.33. The smallest absolute Gasteiger partial charge is 0.320 e. The van der Waals surface area contributed by atoms with E-state index in [2.05, 4.69) is 5.32 Å². The van der Waals surface area contributed by atoms with Crippen molar-refractivity contribution in [2.24, 2.45) is 0 Å². The van der Waals surface area contributed by atoms with E-state index in [4.69, 9.17) is 14.6 Å². The highest BCUT2D eigenvalue weighted by Crippen LogP contribution is 2.17. The van der Waals surface area contributed by atoms with Crippen LogP contribution in [0, 0.1) is 0 Å². The van der Waals surface area contributed by atoms with Gasteiger partial charge >= 0.3 is 5.97 Å². The van der Waals surface area contributed by atoms with Crippen LogP contribution >= 0.6 is 0 Å². The van der Waals surface area contributed by atoms with Crippen LogP contribution in [0.2, 0.25) is 0 Å². The first-order chi connectivity index (χ1) is 7.94. The largest absolute Gasteiger partial charge is 0.480 e.